The Morgan fingerprint density at radius 3 is 2.47 bits per heavy atom. The van der Waals surface area contributed by atoms with Crippen LogP contribution in [0.1, 0.15) is 17.5 Å². The molecule has 1 heterocycles. The number of ether oxygens (including phenoxy) is 1. The highest BCUT2D eigenvalue weighted by atomic mass is 16.7. The molecule has 0 atom stereocenters. The molecule has 30 heavy (non-hydrogen) atoms. The highest BCUT2D eigenvalue weighted by molar-refractivity contribution is 5.99. The first-order valence-corrected chi connectivity index (χ1v) is 10.1. The summed E-state index contributed by atoms with van der Waals surface area (Å²) in [5, 5.41) is 0. The lowest BCUT2D eigenvalue weighted by atomic mass is 10.1. The van der Waals surface area contributed by atoms with Crippen LogP contribution in [0.4, 0.5) is 16.2 Å². The van der Waals surface area contributed by atoms with Crippen LogP contribution >= 0.6 is 0 Å². The van der Waals surface area contributed by atoms with Crippen molar-refractivity contribution in [2.45, 2.75) is 20.3 Å². The monoisotopic (exact) mass is 415 g/mol. The summed E-state index contributed by atoms with van der Waals surface area (Å²) in [6.45, 7) is 7.06. The van der Waals surface area contributed by atoms with E-state index >= 15 is 0 Å². The maximum atomic E-state index is 12.7. The van der Waals surface area contributed by atoms with Crippen LogP contribution in [0, 0.1) is 13.8 Å². The second kappa shape index (κ2) is 9.77. The number of hydrogen-bond donors (Lipinski definition) is 1. The zero-order valence-electron chi connectivity index (χ0n) is 18.4. The van der Waals surface area contributed by atoms with E-state index in [1.54, 1.807) is 29.9 Å². The Hall–Kier alpha value is -2.84. The smallest absolute Gasteiger partial charge is 0.403 e. The second-order valence-electron chi connectivity index (χ2n) is 7.50. The van der Waals surface area contributed by atoms with Gasteiger partial charge in [-0.2, -0.15) is 0 Å². The molecule has 1 aromatic rings. The number of carbonyl (C=O) groups is 1. The molecule has 162 valence electrons. The fourth-order valence-corrected chi connectivity index (χ4v) is 3.47. The van der Waals surface area contributed by atoms with Gasteiger partial charge in [0.05, 0.1) is 13.5 Å². The molecule has 0 spiro atoms. The number of anilines is 1. The molecule has 0 saturated carbocycles. The Labute approximate surface area is 177 Å². The summed E-state index contributed by atoms with van der Waals surface area (Å²) in [5.74, 6) is 0.477. The minimum absolute atomic E-state index is 0.339. The van der Waals surface area contributed by atoms with E-state index in [2.05, 4.69) is 17.4 Å². The normalized spacial score (nSPS) is 18.7. The summed E-state index contributed by atoms with van der Waals surface area (Å²) in [5.41, 5.74) is 7.42. The predicted octanol–water partition coefficient (Wildman–Crippen LogP) is 3.15. The maximum absolute atomic E-state index is 12.7. The molecule has 0 unspecified atom stereocenters. The summed E-state index contributed by atoms with van der Waals surface area (Å²) >= 11 is 0. The standard InChI is InChI=1S/C22H31N4O4/c1-16-14-18(23-28-4)20(15-17(16)2)26(29-5)19-8-6-7-9-21(19)30-22(27)25-12-10-24(3)11-13-25/h6-7,9,14-15,23H,8,10-13H2,1-5H3/q+1/b26-19-. The molecule has 1 fully saturated rings. The molecule has 1 N–H and O–H groups in total. The fraction of sp³-hybridized carbons (Fsp3) is 0.455. The molecule has 1 aromatic carbocycles. The van der Waals surface area contributed by atoms with Gasteiger partial charge in [-0.05, 0) is 44.2 Å². The van der Waals surface area contributed by atoms with Crippen LogP contribution in [0.5, 0.6) is 0 Å². The molecule has 1 aliphatic carbocycles. The van der Waals surface area contributed by atoms with Gasteiger partial charge in [0.2, 0.25) is 5.76 Å². The van der Waals surface area contributed by atoms with Gasteiger partial charge < -0.3 is 14.5 Å². The summed E-state index contributed by atoms with van der Waals surface area (Å²) in [6, 6.07) is 4.02. The van der Waals surface area contributed by atoms with E-state index in [9.17, 15) is 4.79 Å². The molecule has 1 amide bonds. The van der Waals surface area contributed by atoms with E-state index in [-0.39, 0.29) is 6.09 Å². The lowest BCUT2D eigenvalue weighted by Crippen LogP contribution is -2.47. The summed E-state index contributed by atoms with van der Waals surface area (Å²) < 4.78 is 7.49. The van der Waals surface area contributed by atoms with Crippen molar-refractivity contribution < 1.29 is 23.9 Å². The number of piperazine rings is 1. The van der Waals surface area contributed by atoms with Crippen molar-refractivity contribution in [3.8, 4) is 0 Å². The van der Waals surface area contributed by atoms with Gasteiger partial charge in [0, 0.05) is 37.0 Å². The first-order chi connectivity index (χ1) is 14.4. The lowest BCUT2D eigenvalue weighted by molar-refractivity contribution is -0.720. The van der Waals surface area contributed by atoms with Crippen LogP contribution in [0.3, 0.4) is 0 Å². The van der Waals surface area contributed by atoms with E-state index < -0.39 is 0 Å². The Balaban J connectivity index is 1.94. The van der Waals surface area contributed by atoms with Crippen LogP contribution in [-0.4, -0.2) is 73.8 Å². The Morgan fingerprint density at radius 1 is 1.10 bits per heavy atom. The van der Waals surface area contributed by atoms with Crippen molar-refractivity contribution >= 4 is 23.2 Å². The molecule has 1 aliphatic heterocycles. The molecule has 0 aromatic heterocycles. The van der Waals surface area contributed by atoms with E-state index in [1.807, 2.05) is 38.1 Å². The number of hydrogen-bond acceptors (Lipinski definition) is 6. The minimum Gasteiger partial charge on any atom is -0.403 e. The Kier molecular flexibility index (Phi) is 7.12. The van der Waals surface area contributed by atoms with Gasteiger partial charge in [-0.1, -0.05) is 12.2 Å². The van der Waals surface area contributed by atoms with Gasteiger partial charge in [-0.15, -0.1) is 0 Å². The zero-order valence-corrected chi connectivity index (χ0v) is 18.4. The number of likely N-dealkylation sites (N-methyl/N-ethyl adjacent to an activating group) is 1. The molecule has 3 rings (SSSR count). The van der Waals surface area contributed by atoms with E-state index in [0.29, 0.717) is 25.3 Å². The van der Waals surface area contributed by atoms with Crippen LogP contribution < -0.4 is 5.48 Å². The maximum Gasteiger partial charge on any atom is 0.415 e. The summed E-state index contributed by atoms with van der Waals surface area (Å²) in [4.78, 5) is 27.6. The Bertz CT molecular complexity index is 883. The largest absolute Gasteiger partial charge is 0.415 e. The van der Waals surface area contributed by atoms with Gasteiger partial charge in [0.15, 0.2) is 0 Å². The predicted molar refractivity (Wildman–Crippen MR) is 116 cm³/mol. The van der Waals surface area contributed by atoms with Gasteiger partial charge in [-0.25, -0.2) is 4.79 Å². The quantitative estimate of drug-likeness (QED) is 0.589. The van der Waals surface area contributed by atoms with Crippen LogP contribution in [0.2, 0.25) is 0 Å². The summed E-state index contributed by atoms with van der Waals surface area (Å²) in [7, 11) is 5.21. The van der Waals surface area contributed by atoms with E-state index in [0.717, 1.165) is 41.3 Å². The van der Waals surface area contributed by atoms with Crippen molar-refractivity contribution in [1.29, 1.82) is 0 Å². The van der Waals surface area contributed by atoms with Crippen LogP contribution in [-0.2, 0) is 14.4 Å². The third kappa shape index (κ3) is 4.83. The van der Waals surface area contributed by atoms with Crippen molar-refractivity contribution in [3.05, 3.63) is 47.2 Å². The zero-order chi connectivity index (χ0) is 21.7. The highest BCUT2D eigenvalue weighted by Crippen LogP contribution is 2.30. The van der Waals surface area contributed by atoms with Gasteiger partial charge >= 0.3 is 6.09 Å². The van der Waals surface area contributed by atoms with E-state index in [4.69, 9.17) is 14.4 Å². The van der Waals surface area contributed by atoms with Crippen molar-refractivity contribution in [2.24, 2.45) is 0 Å². The average molecular weight is 416 g/mol. The first kappa shape index (κ1) is 21.9. The van der Waals surface area contributed by atoms with Crippen molar-refractivity contribution in [2.75, 3.05) is 52.9 Å². The van der Waals surface area contributed by atoms with Crippen LogP contribution in [0.25, 0.3) is 0 Å². The molecule has 0 bridgehead atoms. The number of allylic oxidation sites excluding steroid dienone is 4. The molecular formula is C22H31N4O4+. The summed E-state index contributed by atoms with van der Waals surface area (Å²) in [6.07, 6.45) is 5.91. The number of amides is 1. The Morgan fingerprint density at radius 2 is 1.80 bits per heavy atom. The SMILES string of the molecule is CONc1cc(C)c(C)cc1/[N+](OC)=C1\CC=CC=C1OC(=O)N1CCN(C)CC1. The third-order valence-electron chi connectivity index (χ3n) is 5.41. The number of benzene rings is 1. The molecule has 2 aliphatic rings. The average Bonchev–Trinajstić information content (AvgIpc) is 2.73. The minimum atomic E-state index is -0.339. The molecular weight excluding hydrogens is 384 g/mol. The molecule has 1 saturated heterocycles. The van der Waals surface area contributed by atoms with E-state index in [1.165, 1.54) is 0 Å². The topological polar surface area (TPSA) is 66.3 Å². The van der Waals surface area contributed by atoms with Crippen LogP contribution in [0.15, 0.2) is 36.1 Å². The fourth-order valence-electron chi connectivity index (χ4n) is 3.47. The second-order valence-corrected chi connectivity index (χ2v) is 7.50. The number of carbonyl (C=O) groups excluding carboxylic acids is 1. The molecule has 8 heteroatoms. The molecule has 0 radical (unpaired) electrons. The number of nitrogens with one attached hydrogen (secondary N) is 1. The first-order valence-electron chi connectivity index (χ1n) is 10.1. The highest BCUT2D eigenvalue weighted by Gasteiger charge is 2.31. The third-order valence-corrected chi connectivity index (χ3v) is 5.41. The molecule has 8 nitrogen and oxygen atoms in total. The van der Waals surface area contributed by atoms with Crippen molar-refractivity contribution in [3.63, 3.8) is 0 Å². The number of rotatable bonds is 5. The lowest BCUT2D eigenvalue weighted by Gasteiger charge is -2.31. The van der Waals surface area contributed by atoms with Gasteiger partial charge in [0.1, 0.15) is 12.8 Å². The van der Waals surface area contributed by atoms with Crippen molar-refractivity contribution in [1.82, 2.24) is 9.80 Å². The number of aryl methyl sites for hydroxylation is 2. The number of nitrogens with zero attached hydrogens (tertiary/aromatic N) is 3. The van der Waals surface area contributed by atoms with Gasteiger partial charge in [0.25, 0.3) is 11.4 Å². The van der Waals surface area contributed by atoms with Gasteiger partial charge in [-0.3, -0.25) is 15.2 Å².